The summed E-state index contributed by atoms with van der Waals surface area (Å²) < 4.78 is 10.7. The van der Waals surface area contributed by atoms with Crippen LogP contribution in [0.15, 0.2) is 11.1 Å². The molecule has 1 rings (SSSR count). The van der Waals surface area contributed by atoms with Gasteiger partial charge in [-0.3, -0.25) is 9.63 Å². The fourth-order valence-electron chi connectivity index (χ4n) is 3.31. The van der Waals surface area contributed by atoms with Crippen LogP contribution < -0.4 is 21.1 Å². The number of ether oxygens (including phenoxy) is 2. The molecule has 0 spiro atoms. The number of likely N-dealkylation sites (N-methyl/N-ethyl adjacent to an activating group) is 1. The SMILES string of the molecule is COc1cc(C)c(CN=C(N)NCCC[C@H](NC(=O)OC(C)(C)C)C(=O)N(C)OC)c(C)c1C. The summed E-state index contributed by atoms with van der Waals surface area (Å²) in [6.45, 7) is 12.3. The van der Waals surface area contributed by atoms with Crippen molar-refractivity contribution in [3.63, 3.8) is 0 Å². The van der Waals surface area contributed by atoms with Gasteiger partial charge in [-0.1, -0.05) is 0 Å². The van der Waals surface area contributed by atoms with Gasteiger partial charge in [0.25, 0.3) is 5.91 Å². The number of aryl methyl sites for hydroxylation is 1. The average Bonchev–Trinajstić information content (AvgIpc) is 2.75. The van der Waals surface area contributed by atoms with Crippen molar-refractivity contribution in [3.8, 4) is 5.75 Å². The fraction of sp³-hybridized carbons (Fsp3) is 0.625. The van der Waals surface area contributed by atoms with Crippen molar-refractivity contribution in [3.05, 3.63) is 28.3 Å². The molecule has 2 amide bonds. The van der Waals surface area contributed by atoms with Crippen molar-refractivity contribution < 1.29 is 23.9 Å². The molecule has 0 aliphatic heterocycles. The molecule has 0 aliphatic carbocycles. The molecule has 4 N–H and O–H groups in total. The van der Waals surface area contributed by atoms with Crippen LogP contribution in [0.5, 0.6) is 5.75 Å². The van der Waals surface area contributed by atoms with Crippen molar-refractivity contribution in [2.45, 2.75) is 72.6 Å². The van der Waals surface area contributed by atoms with Gasteiger partial charge in [-0.25, -0.2) is 14.9 Å². The zero-order valence-corrected chi connectivity index (χ0v) is 22.0. The molecule has 0 saturated heterocycles. The largest absolute Gasteiger partial charge is 0.496 e. The smallest absolute Gasteiger partial charge is 0.408 e. The number of carbonyl (C=O) groups is 2. The van der Waals surface area contributed by atoms with E-state index in [2.05, 4.69) is 15.6 Å². The number of hydrogen-bond donors (Lipinski definition) is 3. The molecule has 34 heavy (non-hydrogen) atoms. The van der Waals surface area contributed by atoms with Gasteiger partial charge in [0.2, 0.25) is 0 Å². The highest BCUT2D eigenvalue weighted by atomic mass is 16.7. The van der Waals surface area contributed by atoms with Crippen molar-refractivity contribution in [2.75, 3.05) is 27.8 Å². The maximum atomic E-state index is 12.6. The summed E-state index contributed by atoms with van der Waals surface area (Å²) in [5.74, 6) is 0.789. The van der Waals surface area contributed by atoms with Crippen LogP contribution in [0.1, 0.15) is 55.9 Å². The number of carbonyl (C=O) groups excluding carboxylic acids is 2. The summed E-state index contributed by atoms with van der Waals surface area (Å²) in [5, 5.41) is 6.76. The first kappa shape index (κ1) is 29.0. The van der Waals surface area contributed by atoms with E-state index >= 15 is 0 Å². The van der Waals surface area contributed by atoms with Crippen LogP contribution in [-0.2, 0) is 20.9 Å². The highest BCUT2D eigenvalue weighted by Crippen LogP contribution is 2.27. The Bertz CT molecular complexity index is 879. The average molecular weight is 480 g/mol. The Kier molecular flexibility index (Phi) is 11.1. The van der Waals surface area contributed by atoms with E-state index in [0.29, 0.717) is 31.9 Å². The van der Waals surface area contributed by atoms with E-state index in [4.69, 9.17) is 20.0 Å². The van der Waals surface area contributed by atoms with E-state index in [9.17, 15) is 9.59 Å². The van der Waals surface area contributed by atoms with E-state index in [1.165, 1.54) is 14.2 Å². The maximum Gasteiger partial charge on any atom is 0.408 e. The number of nitrogens with zero attached hydrogens (tertiary/aromatic N) is 2. The van der Waals surface area contributed by atoms with Gasteiger partial charge in [0.1, 0.15) is 17.4 Å². The number of rotatable bonds is 10. The third-order valence-electron chi connectivity index (χ3n) is 5.38. The lowest BCUT2D eigenvalue weighted by Crippen LogP contribution is -2.48. The second kappa shape index (κ2) is 13.0. The second-order valence-electron chi connectivity index (χ2n) is 9.11. The molecule has 192 valence electrons. The molecule has 1 atom stereocenters. The van der Waals surface area contributed by atoms with Crippen LogP contribution in [0.4, 0.5) is 4.79 Å². The maximum absolute atomic E-state index is 12.6. The summed E-state index contributed by atoms with van der Waals surface area (Å²) in [6, 6.07) is 1.20. The van der Waals surface area contributed by atoms with Crippen LogP contribution in [0, 0.1) is 20.8 Å². The summed E-state index contributed by atoms with van der Waals surface area (Å²) in [6.07, 6.45) is 0.256. The Morgan fingerprint density at radius 2 is 1.82 bits per heavy atom. The van der Waals surface area contributed by atoms with E-state index < -0.39 is 17.7 Å². The predicted molar refractivity (Wildman–Crippen MR) is 133 cm³/mol. The first-order chi connectivity index (χ1) is 15.8. The van der Waals surface area contributed by atoms with Gasteiger partial charge < -0.3 is 25.8 Å². The standard InChI is InChI=1S/C24H41N5O5/c1-15-13-20(32-8)17(3)16(2)18(15)14-27-22(25)26-12-10-11-19(21(30)29(7)33-9)28-23(31)34-24(4,5)6/h13,19H,10-12,14H2,1-9H3,(H,28,31)(H3,25,26,27)/t19-/m0/s1. The highest BCUT2D eigenvalue weighted by molar-refractivity contribution is 5.84. The molecule has 10 nitrogen and oxygen atoms in total. The topological polar surface area (TPSA) is 128 Å². The number of nitrogens with two attached hydrogens (primary N) is 1. The number of hydroxylamine groups is 2. The van der Waals surface area contributed by atoms with Gasteiger partial charge in [0.15, 0.2) is 5.96 Å². The zero-order chi connectivity index (χ0) is 26.1. The van der Waals surface area contributed by atoms with Crippen molar-refractivity contribution >= 4 is 18.0 Å². The Morgan fingerprint density at radius 1 is 1.18 bits per heavy atom. The van der Waals surface area contributed by atoms with E-state index in [1.807, 2.05) is 26.8 Å². The molecule has 0 aromatic heterocycles. The fourth-order valence-corrected chi connectivity index (χ4v) is 3.31. The van der Waals surface area contributed by atoms with Crippen molar-refractivity contribution in [1.82, 2.24) is 15.7 Å². The van der Waals surface area contributed by atoms with Gasteiger partial charge in [0, 0.05) is 13.6 Å². The molecule has 0 radical (unpaired) electrons. The van der Waals surface area contributed by atoms with E-state index in [0.717, 1.165) is 33.1 Å². The predicted octanol–water partition coefficient (Wildman–Crippen LogP) is 2.72. The molecule has 0 fully saturated rings. The number of aliphatic imine (C=N–C) groups is 1. The summed E-state index contributed by atoms with van der Waals surface area (Å²) >= 11 is 0. The monoisotopic (exact) mass is 479 g/mol. The molecule has 0 unspecified atom stereocenters. The molecule has 1 aromatic carbocycles. The normalized spacial score (nSPS) is 12.7. The number of methoxy groups -OCH3 is 1. The molecular weight excluding hydrogens is 438 g/mol. The minimum Gasteiger partial charge on any atom is -0.496 e. The lowest BCUT2D eigenvalue weighted by Gasteiger charge is -2.25. The Hall–Kier alpha value is -3.01. The summed E-state index contributed by atoms with van der Waals surface area (Å²) in [7, 11) is 4.53. The Labute approximate surface area is 203 Å². The lowest BCUT2D eigenvalue weighted by atomic mass is 9.97. The minimum absolute atomic E-state index is 0.309. The van der Waals surface area contributed by atoms with Crippen LogP contribution in [-0.4, -0.2) is 62.5 Å². The summed E-state index contributed by atoms with van der Waals surface area (Å²) in [5.41, 5.74) is 9.78. The van der Waals surface area contributed by atoms with Gasteiger partial charge in [-0.05, 0) is 82.7 Å². The van der Waals surface area contributed by atoms with Crippen molar-refractivity contribution in [1.29, 1.82) is 0 Å². The van der Waals surface area contributed by atoms with Crippen molar-refractivity contribution in [2.24, 2.45) is 10.7 Å². The number of amides is 2. The molecule has 0 heterocycles. The van der Waals surface area contributed by atoms with E-state index in [1.54, 1.807) is 27.9 Å². The third-order valence-corrected chi connectivity index (χ3v) is 5.38. The van der Waals surface area contributed by atoms with Crippen LogP contribution in [0.2, 0.25) is 0 Å². The first-order valence-electron chi connectivity index (χ1n) is 11.3. The highest BCUT2D eigenvalue weighted by Gasteiger charge is 2.26. The van der Waals surface area contributed by atoms with Gasteiger partial charge in [-0.15, -0.1) is 0 Å². The van der Waals surface area contributed by atoms with Gasteiger partial charge >= 0.3 is 6.09 Å². The van der Waals surface area contributed by atoms with Gasteiger partial charge in [0.05, 0.1) is 20.8 Å². The summed E-state index contributed by atoms with van der Waals surface area (Å²) in [4.78, 5) is 34.1. The molecular formula is C24H41N5O5. The molecule has 0 aliphatic rings. The first-order valence-corrected chi connectivity index (χ1v) is 11.3. The molecule has 1 aromatic rings. The number of benzene rings is 1. The van der Waals surface area contributed by atoms with Crippen LogP contribution in [0.3, 0.4) is 0 Å². The molecule has 0 saturated carbocycles. The quantitative estimate of drug-likeness (QED) is 0.204. The Morgan fingerprint density at radius 3 is 2.38 bits per heavy atom. The van der Waals surface area contributed by atoms with E-state index in [-0.39, 0.29) is 5.91 Å². The number of guanidine groups is 1. The number of hydrogen-bond acceptors (Lipinski definition) is 6. The number of alkyl carbamates (subject to hydrolysis) is 1. The van der Waals surface area contributed by atoms with Crippen LogP contribution in [0.25, 0.3) is 0 Å². The lowest BCUT2D eigenvalue weighted by molar-refractivity contribution is -0.171. The second-order valence-corrected chi connectivity index (χ2v) is 9.11. The third kappa shape index (κ3) is 9.09. The molecule has 0 bridgehead atoms. The zero-order valence-electron chi connectivity index (χ0n) is 22.0. The van der Waals surface area contributed by atoms with Crippen LogP contribution >= 0.6 is 0 Å². The minimum atomic E-state index is -0.799. The number of nitrogens with one attached hydrogen (secondary N) is 2. The molecule has 10 heteroatoms. The Balaban J connectivity index is 2.69. The van der Waals surface area contributed by atoms with Gasteiger partial charge in [-0.2, -0.15) is 0 Å².